The SMILES string of the molecule is COC(=O)c1ccc(C(=O)N2CCC[C@H]2c2cc(C)on2)cc1. The summed E-state index contributed by atoms with van der Waals surface area (Å²) in [5, 5.41) is 4.04. The summed E-state index contributed by atoms with van der Waals surface area (Å²) in [6, 6.07) is 8.32. The number of aromatic nitrogens is 1. The van der Waals surface area contributed by atoms with Crippen LogP contribution in [0, 0.1) is 6.92 Å². The topological polar surface area (TPSA) is 72.6 Å². The van der Waals surface area contributed by atoms with E-state index in [1.807, 2.05) is 17.9 Å². The molecule has 6 nitrogen and oxygen atoms in total. The molecule has 0 spiro atoms. The number of hydrogen-bond donors (Lipinski definition) is 0. The Morgan fingerprint density at radius 1 is 1.26 bits per heavy atom. The lowest BCUT2D eigenvalue weighted by Crippen LogP contribution is -2.30. The van der Waals surface area contributed by atoms with Gasteiger partial charge in [0.05, 0.1) is 18.7 Å². The van der Waals surface area contributed by atoms with Crippen LogP contribution in [-0.2, 0) is 4.74 Å². The van der Waals surface area contributed by atoms with Gasteiger partial charge in [-0.05, 0) is 44.0 Å². The highest BCUT2D eigenvalue weighted by molar-refractivity contribution is 5.96. The first-order chi connectivity index (χ1) is 11.1. The van der Waals surface area contributed by atoms with Gasteiger partial charge in [0.15, 0.2) is 0 Å². The van der Waals surface area contributed by atoms with Crippen LogP contribution in [0.4, 0.5) is 0 Å². The van der Waals surface area contributed by atoms with Gasteiger partial charge in [-0.25, -0.2) is 4.79 Å². The van der Waals surface area contributed by atoms with Gasteiger partial charge in [0.25, 0.3) is 5.91 Å². The van der Waals surface area contributed by atoms with Gasteiger partial charge in [-0.3, -0.25) is 4.79 Å². The van der Waals surface area contributed by atoms with E-state index in [1.54, 1.807) is 24.3 Å². The maximum Gasteiger partial charge on any atom is 0.337 e. The predicted molar refractivity (Wildman–Crippen MR) is 82.0 cm³/mol. The highest BCUT2D eigenvalue weighted by Gasteiger charge is 2.32. The molecule has 1 amide bonds. The quantitative estimate of drug-likeness (QED) is 0.815. The van der Waals surface area contributed by atoms with Crippen molar-refractivity contribution >= 4 is 11.9 Å². The lowest BCUT2D eigenvalue weighted by atomic mass is 10.1. The summed E-state index contributed by atoms with van der Waals surface area (Å²) in [5.41, 5.74) is 1.76. The van der Waals surface area contributed by atoms with Crippen molar-refractivity contribution in [2.75, 3.05) is 13.7 Å². The van der Waals surface area contributed by atoms with E-state index in [2.05, 4.69) is 9.89 Å². The number of likely N-dealkylation sites (tertiary alicyclic amines) is 1. The van der Waals surface area contributed by atoms with Crippen molar-refractivity contribution in [1.82, 2.24) is 10.1 Å². The second-order valence-corrected chi connectivity index (χ2v) is 5.59. The van der Waals surface area contributed by atoms with E-state index in [-0.39, 0.29) is 11.9 Å². The first-order valence-corrected chi connectivity index (χ1v) is 7.52. The number of nitrogens with zero attached hydrogens (tertiary/aromatic N) is 2. The predicted octanol–water partition coefficient (Wildman–Crippen LogP) is 2.75. The second-order valence-electron chi connectivity index (χ2n) is 5.59. The van der Waals surface area contributed by atoms with Crippen LogP contribution in [0.25, 0.3) is 0 Å². The molecule has 2 heterocycles. The maximum absolute atomic E-state index is 12.7. The Morgan fingerprint density at radius 3 is 2.57 bits per heavy atom. The van der Waals surface area contributed by atoms with E-state index in [0.29, 0.717) is 17.7 Å². The van der Waals surface area contributed by atoms with E-state index in [1.165, 1.54) is 7.11 Å². The number of benzene rings is 1. The van der Waals surface area contributed by atoms with Gasteiger partial charge in [0.2, 0.25) is 0 Å². The van der Waals surface area contributed by atoms with Crippen molar-refractivity contribution in [1.29, 1.82) is 0 Å². The third-order valence-corrected chi connectivity index (χ3v) is 4.05. The van der Waals surface area contributed by atoms with Crippen LogP contribution in [0.5, 0.6) is 0 Å². The number of hydrogen-bond acceptors (Lipinski definition) is 5. The summed E-state index contributed by atoms with van der Waals surface area (Å²) >= 11 is 0. The minimum atomic E-state index is -0.416. The third kappa shape index (κ3) is 2.97. The van der Waals surface area contributed by atoms with Gasteiger partial charge in [0.1, 0.15) is 11.5 Å². The Hall–Kier alpha value is -2.63. The summed E-state index contributed by atoms with van der Waals surface area (Å²) in [5.74, 6) is 0.257. The summed E-state index contributed by atoms with van der Waals surface area (Å²) in [6.45, 7) is 2.53. The molecule has 120 valence electrons. The van der Waals surface area contributed by atoms with Crippen molar-refractivity contribution in [3.05, 3.63) is 52.9 Å². The fourth-order valence-corrected chi connectivity index (χ4v) is 2.89. The van der Waals surface area contributed by atoms with Crippen molar-refractivity contribution in [2.45, 2.75) is 25.8 Å². The molecule has 1 saturated heterocycles. The first-order valence-electron chi connectivity index (χ1n) is 7.52. The molecule has 2 aromatic rings. The largest absolute Gasteiger partial charge is 0.465 e. The second kappa shape index (κ2) is 6.24. The Bertz CT molecular complexity index is 720. The lowest BCUT2D eigenvalue weighted by Gasteiger charge is -2.23. The van der Waals surface area contributed by atoms with Crippen LogP contribution >= 0.6 is 0 Å². The summed E-state index contributed by atoms with van der Waals surface area (Å²) in [7, 11) is 1.33. The summed E-state index contributed by atoms with van der Waals surface area (Å²) in [6.07, 6.45) is 1.81. The number of esters is 1. The van der Waals surface area contributed by atoms with Gasteiger partial charge in [-0.1, -0.05) is 5.16 Å². The van der Waals surface area contributed by atoms with Crippen molar-refractivity contribution in [3.63, 3.8) is 0 Å². The molecule has 0 N–H and O–H groups in total. The number of ether oxygens (including phenoxy) is 1. The molecule has 0 bridgehead atoms. The molecule has 0 radical (unpaired) electrons. The molecule has 0 aliphatic carbocycles. The number of aryl methyl sites for hydroxylation is 1. The Balaban J connectivity index is 1.80. The van der Waals surface area contributed by atoms with E-state index in [9.17, 15) is 9.59 Å². The number of amides is 1. The van der Waals surface area contributed by atoms with Crippen LogP contribution in [0.3, 0.4) is 0 Å². The minimum Gasteiger partial charge on any atom is -0.465 e. The van der Waals surface area contributed by atoms with Gasteiger partial charge >= 0.3 is 5.97 Å². The number of carbonyl (C=O) groups is 2. The zero-order valence-corrected chi connectivity index (χ0v) is 13.1. The molecule has 23 heavy (non-hydrogen) atoms. The normalized spacial score (nSPS) is 17.3. The molecule has 0 unspecified atom stereocenters. The van der Waals surface area contributed by atoms with Gasteiger partial charge in [-0.15, -0.1) is 0 Å². The number of methoxy groups -OCH3 is 1. The zero-order valence-electron chi connectivity index (χ0n) is 13.1. The minimum absolute atomic E-state index is 0.0553. The van der Waals surface area contributed by atoms with Crippen LogP contribution in [0.2, 0.25) is 0 Å². The fourth-order valence-electron chi connectivity index (χ4n) is 2.89. The highest BCUT2D eigenvalue weighted by Crippen LogP contribution is 2.32. The molecular formula is C17H18N2O4. The van der Waals surface area contributed by atoms with Crippen molar-refractivity contribution in [3.8, 4) is 0 Å². The summed E-state index contributed by atoms with van der Waals surface area (Å²) in [4.78, 5) is 26.0. The molecular weight excluding hydrogens is 296 g/mol. The average molecular weight is 314 g/mol. The first kappa shape index (κ1) is 15.3. The monoisotopic (exact) mass is 314 g/mol. The van der Waals surface area contributed by atoms with Crippen LogP contribution in [-0.4, -0.2) is 35.6 Å². The van der Waals surface area contributed by atoms with Crippen molar-refractivity contribution < 1.29 is 18.8 Å². The van der Waals surface area contributed by atoms with Crippen LogP contribution in [0.15, 0.2) is 34.9 Å². The Morgan fingerprint density at radius 2 is 1.96 bits per heavy atom. The smallest absolute Gasteiger partial charge is 0.337 e. The van der Waals surface area contributed by atoms with E-state index < -0.39 is 5.97 Å². The maximum atomic E-state index is 12.7. The van der Waals surface area contributed by atoms with E-state index in [0.717, 1.165) is 24.3 Å². The fraction of sp³-hybridized carbons (Fsp3) is 0.353. The van der Waals surface area contributed by atoms with Gasteiger partial charge in [0, 0.05) is 18.2 Å². The number of rotatable bonds is 3. The zero-order chi connectivity index (χ0) is 16.4. The van der Waals surface area contributed by atoms with Crippen LogP contribution < -0.4 is 0 Å². The third-order valence-electron chi connectivity index (χ3n) is 4.05. The molecule has 3 rings (SSSR count). The standard InChI is InChI=1S/C17H18N2O4/c1-11-10-14(18-23-11)15-4-3-9-19(15)16(20)12-5-7-13(8-6-12)17(21)22-2/h5-8,10,15H,3-4,9H2,1-2H3/t15-/m0/s1. The molecule has 6 heteroatoms. The molecule has 1 aliphatic rings. The average Bonchev–Trinajstić information content (AvgIpc) is 3.22. The van der Waals surface area contributed by atoms with Crippen LogP contribution in [0.1, 0.15) is 51.1 Å². The highest BCUT2D eigenvalue weighted by atomic mass is 16.5. The summed E-state index contributed by atoms with van der Waals surface area (Å²) < 4.78 is 9.79. The van der Waals surface area contributed by atoms with Gasteiger partial charge in [-0.2, -0.15) is 0 Å². The lowest BCUT2D eigenvalue weighted by molar-refractivity contribution is 0.0599. The Kier molecular flexibility index (Phi) is 4.14. The molecule has 1 fully saturated rings. The molecule has 1 aromatic heterocycles. The Labute approximate surface area is 134 Å². The van der Waals surface area contributed by atoms with E-state index in [4.69, 9.17) is 4.52 Å². The van der Waals surface area contributed by atoms with E-state index >= 15 is 0 Å². The molecule has 1 aliphatic heterocycles. The molecule has 1 atom stereocenters. The van der Waals surface area contributed by atoms with Crippen molar-refractivity contribution in [2.24, 2.45) is 0 Å². The molecule has 1 aromatic carbocycles. The molecule has 0 saturated carbocycles. The van der Waals surface area contributed by atoms with Gasteiger partial charge < -0.3 is 14.2 Å². The number of carbonyl (C=O) groups excluding carboxylic acids is 2.